The number of thiazole rings is 1. The van der Waals surface area contributed by atoms with Crippen molar-refractivity contribution in [3.05, 3.63) is 30.3 Å². The lowest BCUT2D eigenvalue weighted by atomic mass is 10.2. The largest absolute Gasteiger partial charge is 0.497 e. The van der Waals surface area contributed by atoms with Crippen molar-refractivity contribution in [3.8, 4) is 17.2 Å². The Balaban J connectivity index is 1.82. The lowest BCUT2D eigenvalue weighted by Gasteiger charge is -2.11. The number of anilines is 3. The maximum atomic E-state index is 12.5. The minimum Gasteiger partial charge on any atom is -0.497 e. The van der Waals surface area contributed by atoms with Crippen LogP contribution in [-0.4, -0.2) is 38.3 Å². The van der Waals surface area contributed by atoms with Crippen molar-refractivity contribution in [2.24, 2.45) is 0 Å². The molecule has 3 aromatic rings. The summed E-state index contributed by atoms with van der Waals surface area (Å²) in [6, 6.07) is 8.02. The van der Waals surface area contributed by atoms with E-state index in [-0.39, 0.29) is 5.91 Å². The lowest BCUT2D eigenvalue weighted by Crippen LogP contribution is -2.19. The highest BCUT2D eigenvalue weighted by molar-refractivity contribution is 7.22. The molecule has 0 aliphatic carbocycles. The molecule has 10 heteroatoms. The van der Waals surface area contributed by atoms with E-state index < -0.39 is 6.03 Å². The Morgan fingerprint density at radius 3 is 2.03 bits per heavy atom. The van der Waals surface area contributed by atoms with Gasteiger partial charge < -0.3 is 30.2 Å². The molecule has 3 amide bonds. The van der Waals surface area contributed by atoms with E-state index in [2.05, 4.69) is 20.9 Å². The van der Waals surface area contributed by atoms with Gasteiger partial charge in [-0.25, -0.2) is 9.78 Å². The summed E-state index contributed by atoms with van der Waals surface area (Å²) in [5, 5.41) is 8.60. The zero-order valence-corrected chi connectivity index (χ0v) is 17.1. The predicted molar refractivity (Wildman–Crippen MR) is 113 cm³/mol. The monoisotopic (exact) mass is 416 g/mol. The first-order chi connectivity index (χ1) is 13.9. The summed E-state index contributed by atoms with van der Waals surface area (Å²) in [6.45, 7) is 1.41. The van der Waals surface area contributed by atoms with Crippen LogP contribution in [0.3, 0.4) is 0 Å². The Bertz CT molecular complexity index is 1040. The second-order valence-electron chi connectivity index (χ2n) is 5.91. The van der Waals surface area contributed by atoms with Crippen molar-refractivity contribution in [1.29, 1.82) is 0 Å². The van der Waals surface area contributed by atoms with Crippen LogP contribution in [0, 0.1) is 0 Å². The number of nitrogens with one attached hydrogen (secondary N) is 3. The molecule has 3 rings (SSSR count). The van der Waals surface area contributed by atoms with E-state index in [0.717, 1.165) is 4.70 Å². The third-order valence-electron chi connectivity index (χ3n) is 3.83. The number of urea groups is 1. The fourth-order valence-electron chi connectivity index (χ4n) is 2.60. The first-order valence-corrected chi connectivity index (χ1v) is 9.30. The highest BCUT2D eigenvalue weighted by atomic mass is 32.1. The molecule has 0 radical (unpaired) electrons. The van der Waals surface area contributed by atoms with E-state index in [1.165, 1.54) is 39.6 Å². The van der Waals surface area contributed by atoms with Gasteiger partial charge in [0, 0.05) is 42.6 Å². The highest BCUT2D eigenvalue weighted by Crippen LogP contribution is 2.35. The van der Waals surface area contributed by atoms with Crippen molar-refractivity contribution in [2.75, 3.05) is 37.3 Å². The van der Waals surface area contributed by atoms with Gasteiger partial charge in [-0.2, -0.15) is 0 Å². The number of amides is 3. The van der Waals surface area contributed by atoms with E-state index in [1.807, 2.05) is 0 Å². The quantitative estimate of drug-likeness (QED) is 0.562. The fourth-order valence-corrected chi connectivity index (χ4v) is 3.57. The summed E-state index contributed by atoms with van der Waals surface area (Å²) < 4.78 is 16.5. The smallest absolute Gasteiger partial charge is 0.323 e. The topological polar surface area (TPSA) is 111 Å². The Labute approximate surface area is 171 Å². The number of aromatic nitrogens is 1. The SMILES string of the molecule is COc1cc(NC(=O)Nc2cc(OC)c3nc(NC(C)=O)sc3c2)cc(OC)c1. The third-order valence-corrected chi connectivity index (χ3v) is 4.75. The summed E-state index contributed by atoms with van der Waals surface area (Å²) in [4.78, 5) is 28.1. The number of carbonyl (C=O) groups is 2. The van der Waals surface area contributed by atoms with Crippen LogP contribution >= 0.6 is 11.3 Å². The lowest BCUT2D eigenvalue weighted by molar-refractivity contribution is -0.114. The molecule has 0 fully saturated rings. The molecule has 152 valence electrons. The number of hydrogen-bond donors (Lipinski definition) is 3. The van der Waals surface area contributed by atoms with E-state index in [0.29, 0.717) is 39.3 Å². The van der Waals surface area contributed by atoms with Gasteiger partial charge in [-0.15, -0.1) is 0 Å². The molecule has 0 unspecified atom stereocenters. The Hall–Kier alpha value is -3.53. The predicted octanol–water partition coefficient (Wildman–Crippen LogP) is 3.92. The van der Waals surface area contributed by atoms with Gasteiger partial charge in [0.2, 0.25) is 5.91 Å². The van der Waals surface area contributed by atoms with Crippen LogP contribution in [-0.2, 0) is 4.79 Å². The average Bonchev–Trinajstić information content (AvgIpc) is 3.08. The summed E-state index contributed by atoms with van der Waals surface area (Å²) in [6.07, 6.45) is 0. The molecule has 0 bridgehead atoms. The first-order valence-electron chi connectivity index (χ1n) is 8.49. The van der Waals surface area contributed by atoms with Gasteiger partial charge in [0.15, 0.2) is 5.13 Å². The number of benzene rings is 2. The van der Waals surface area contributed by atoms with Crippen LogP contribution in [0.1, 0.15) is 6.92 Å². The molecule has 2 aromatic carbocycles. The molecule has 1 aromatic heterocycles. The number of carbonyl (C=O) groups excluding carboxylic acids is 2. The van der Waals surface area contributed by atoms with Crippen molar-refractivity contribution < 1.29 is 23.8 Å². The van der Waals surface area contributed by atoms with Crippen molar-refractivity contribution in [3.63, 3.8) is 0 Å². The normalized spacial score (nSPS) is 10.3. The Kier molecular flexibility index (Phi) is 6.03. The van der Waals surface area contributed by atoms with Gasteiger partial charge >= 0.3 is 6.03 Å². The highest BCUT2D eigenvalue weighted by Gasteiger charge is 2.14. The number of fused-ring (bicyclic) bond motifs is 1. The van der Waals surface area contributed by atoms with Crippen molar-refractivity contribution in [1.82, 2.24) is 4.98 Å². The van der Waals surface area contributed by atoms with Gasteiger partial charge in [0.05, 0.1) is 26.0 Å². The number of hydrogen-bond acceptors (Lipinski definition) is 7. The van der Waals surface area contributed by atoms with Crippen LogP contribution in [0.15, 0.2) is 30.3 Å². The van der Waals surface area contributed by atoms with Crippen LogP contribution in [0.25, 0.3) is 10.2 Å². The molecule has 0 spiro atoms. The third kappa shape index (κ3) is 4.85. The summed E-state index contributed by atoms with van der Waals surface area (Å²) in [5.74, 6) is 1.37. The summed E-state index contributed by atoms with van der Waals surface area (Å²) >= 11 is 1.28. The molecule has 3 N–H and O–H groups in total. The molecular formula is C19H20N4O5S. The van der Waals surface area contributed by atoms with Gasteiger partial charge in [0.25, 0.3) is 0 Å². The average molecular weight is 416 g/mol. The molecule has 29 heavy (non-hydrogen) atoms. The molecule has 9 nitrogen and oxygen atoms in total. The maximum Gasteiger partial charge on any atom is 0.323 e. The molecule has 0 atom stereocenters. The summed E-state index contributed by atoms with van der Waals surface area (Å²) in [7, 11) is 4.58. The van der Waals surface area contributed by atoms with Crippen LogP contribution in [0.4, 0.5) is 21.3 Å². The molecule has 0 saturated carbocycles. The number of rotatable bonds is 6. The van der Waals surface area contributed by atoms with Gasteiger partial charge in [-0.3, -0.25) is 4.79 Å². The molecule has 1 heterocycles. The minimum atomic E-state index is -0.451. The van der Waals surface area contributed by atoms with Crippen LogP contribution < -0.4 is 30.2 Å². The second kappa shape index (κ2) is 8.65. The van der Waals surface area contributed by atoms with Gasteiger partial charge in [-0.1, -0.05) is 11.3 Å². The molecular weight excluding hydrogens is 396 g/mol. The van der Waals surface area contributed by atoms with Crippen molar-refractivity contribution in [2.45, 2.75) is 6.92 Å². The Morgan fingerprint density at radius 1 is 0.862 bits per heavy atom. The standard InChI is InChI=1S/C19H20N4O5S/c1-10(24)20-19-23-17-15(28-4)7-12(8-16(17)29-19)22-18(25)21-11-5-13(26-2)9-14(6-11)27-3/h5-9H,1-4H3,(H,20,23,24)(H2,21,22,25). The van der Waals surface area contributed by atoms with Crippen molar-refractivity contribution >= 4 is 50.0 Å². The van der Waals surface area contributed by atoms with Crippen LogP contribution in [0.5, 0.6) is 17.2 Å². The maximum absolute atomic E-state index is 12.5. The molecule has 0 aliphatic heterocycles. The molecule has 0 aliphatic rings. The van der Waals surface area contributed by atoms with E-state index >= 15 is 0 Å². The van der Waals surface area contributed by atoms with E-state index in [9.17, 15) is 9.59 Å². The summed E-state index contributed by atoms with van der Waals surface area (Å²) in [5.41, 5.74) is 1.63. The Morgan fingerprint density at radius 2 is 1.48 bits per heavy atom. The second-order valence-corrected chi connectivity index (χ2v) is 6.94. The van der Waals surface area contributed by atoms with E-state index in [4.69, 9.17) is 14.2 Å². The van der Waals surface area contributed by atoms with Gasteiger partial charge in [0.1, 0.15) is 22.8 Å². The van der Waals surface area contributed by atoms with Crippen LogP contribution in [0.2, 0.25) is 0 Å². The number of methoxy groups -OCH3 is 3. The van der Waals surface area contributed by atoms with E-state index in [1.54, 1.807) is 30.3 Å². The zero-order chi connectivity index (χ0) is 21.0. The zero-order valence-electron chi connectivity index (χ0n) is 16.3. The fraction of sp³-hybridized carbons (Fsp3) is 0.211. The minimum absolute atomic E-state index is 0.213. The van der Waals surface area contributed by atoms with Gasteiger partial charge in [-0.05, 0) is 6.07 Å². The first kappa shape index (κ1) is 20.2. The number of ether oxygens (including phenoxy) is 3. The molecule has 0 saturated heterocycles. The number of nitrogens with zero attached hydrogens (tertiary/aromatic N) is 1.